The van der Waals surface area contributed by atoms with Crippen molar-refractivity contribution < 1.29 is 0 Å². The average Bonchev–Trinajstić information content (AvgIpc) is 3.37. The van der Waals surface area contributed by atoms with Crippen molar-refractivity contribution in [2.24, 2.45) is 52.8 Å². The second-order valence-electron chi connectivity index (χ2n) is 12.2. The molecular formula is C28H43N3. The summed E-state index contributed by atoms with van der Waals surface area (Å²) < 4.78 is 2.02. The van der Waals surface area contributed by atoms with Gasteiger partial charge in [-0.1, -0.05) is 40.0 Å². The molecule has 0 aromatic carbocycles. The Kier molecular flexibility index (Phi) is 5.95. The van der Waals surface area contributed by atoms with Gasteiger partial charge in [-0.2, -0.15) is 10.4 Å². The van der Waals surface area contributed by atoms with Crippen molar-refractivity contribution in [1.29, 1.82) is 5.26 Å². The normalized spacial score (nSPS) is 42.8. The zero-order valence-corrected chi connectivity index (χ0v) is 20.1. The highest BCUT2D eigenvalue weighted by atomic mass is 15.3. The Bertz CT molecular complexity index is 805. The van der Waals surface area contributed by atoms with Crippen molar-refractivity contribution in [3.05, 3.63) is 18.0 Å². The topological polar surface area (TPSA) is 41.6 Å². The number of hydrogen-bond donors (Lipinski definition) is 0. The van der Waals surface area contributed by atoms with E-state index in [1.807, 2.05) is 10.9 Å². The Morgan fingerprint density at radius 3 is 2.74 bits per heavy atom. The molecule has 0 N–H and O–H groups in total. The summed E-state index contributed by atoms with van der Waals surface area (Å²) in [6.45, 7) is 8.45. The van der Waals surface area contributed by atoms with Crippen molar-refractivity contribution in [2.45, 2.75) is 97.9 Å². The van der Waals surface area contributed by atoms with Crippen molar-refractivity contribution in [2.75, 3.05) is 0 Å². The molecule has 3 nitrogen and oxygen atoms in total. The van der Waals surface area contributed by atoms with E-state index in [0.29, 0.717) is 16.9 Å². The van der Waals surface area contributed by atoms with Gasteiger partial charge in [0, 0.05) is 12.7 Å². The molecule has 4 saturated carbocycles. The molecule has 3 heteroatoms. The van der Waals surface area contributed by atoms with Crippen molar-refractivity contribution in [3.8, 4) is 6.07 Å². The van der Waals surface area contributed by atoms with Crippen LogP contribution in [0.25, 0.3) is 0 Å². The Balaban J connectivity index is 1.27. The van der Waals surface area contributed by atoms with E-state index in [4.69, 9.17) is 5.26 Å². The van der Waals surface area contributed by atoms with Crippen LogP contribution in [0.15, 0.2) is 12.4 Å². The standard InChI is InChI=1S/C28H43N3/c1-4-5-20-6-8-23-22(14-20)7-9-25-24(23)12-13-28(3)26(10-11-27(25)28)19(2)17-31-18-21(15-29)16-30-31/h16,18-20,22-27H,4-14,17H2,1-3H3/t19-,20?,22?,23?,24?,25?,26?,27?,28?/m1/s1. The number of nitrogens with zero attached hydrogens (tertiary/aromatic N) is 3. The second-order valence-corrected chi connectivity index (χ2v) is 12.2. The molecule has 4 aliphatic carbocycles. The molecular weight excluding hydrogens is 378 g/mol. The number of aromatic nitrogens is 2. The van der Waals surface area contributed by atoms with Gasteiger partial charge in [-0.3, -0.25) is 4.68 Å². The lowest BCUT2D eigenvalue weighted by molar-refractivity contribution is -0.0749. The molecule has 1 heterocycles. The van der Waals surface area contributed by atoms with E-state index in [9.17, 15) is 0 Å². The molecule has 5 rings (SSSR count). The Morgan fingerprint density at radius 2 is 1.97 bits per heavy atom. The molecule has 1 aromatic heterocycles. The fourth-order valence-corrected chi connectivity index (χ4v) is 9.54. The summed E-state index contributed by atoms with van der Waals surface area (Å²) in [5.74, 6) is 7.61. The number of nitriles is 1. The van der Waals surface area contributed by atoms with Gasteiger partial charge in [-0.25, -0.2) is 0 Å². The van der Waals surface area contributed by atoms with Gasteiger partial charge < -0.3 is 0 Å². The van der Waals surface area contributed by atoms with Crippen LogP contribution in [0.1, 0.15) is 97.0 Å². The molecule has 31 heavy (non-hydrogen) atoms. The molecule has 0 aliphatic heterocycles. The SMILES string of the molecule is CCCC1CCC2C(CCC3C2CCC2(C)C3CCC2[C@H](C)Cn2cc(C#N)cn2)C1. The highest BCUT2D eigenvalue weighted by Crippen LogP contribution is 2.65. The van der Waals surface area contributed by atoms with E-state index < -0.39 is 0 Å². The summed E-state index contributed by atoms with van der Waals surface area (Å²) in [4.78, 5) is 0. The number of fused-ring (bicyclic) bond motifs is 5. The van der Waals surface area contributed by atoms with Crippen molar-refractivity contribution in [1.82, 2.24) is 9.78 Å². The summed E-state index contributed by atoms with van der Waals surface area (Å²) in [6.07, 6.45) is 20.0. The molecule has 8 unspecified atom stereocenters. The molecule has 0 bridgehead atoms. The third-order valence-corrected chi connectivity index (χ3v) is 10.8. The Morgan fingerprint density at radius 1 is 1.13 bits per heavy atom. The van der Waals surface area contributed by atoms with E-state index in [-0.39, 0.29) is 0 Å². The zero-order valence-electron chi connectivity index (χ0n) is 20.1. The summed E-state index contributed by atoms with van der Waals surface area (Å²) in [5, 5.41) is 13.6. The molecule has 1 aromatic rings. The Labute approximate surface area is 190 Å². The van der Waals surface area contributed by atoms with E-state index in [2.05, 4.69) is 31.9 Å². The van der Waals surface area contributed by atoms with E-state index in [1.54, 1.807) is 19.0 Å². The molecule has 4 aliphatic rings. The first-order valence-corrected chi connectivity index (χ1v) is 13.5. The minimum atomic E-state index is 0.526. The largest absolute Gasteiger partial charge is 0.271 e. The lowest BCUT2D eigenvalue weighted by atomic mass is 9.48. The average molecular weight is 422 g/mol. The lowest BCUT2D eigenvalue weighted by Crippen LogP contribution is -2.49. The fraction of sp³-hybridized carbons (Fsp3) is 0.857. The first-order chi connectivity index (χ1) is 15.0. The third kappa shape index (κ3) is 3.77. The van der Waals surface area contributed by atoms with Crippen LogP contribution in [0, 0.1) is 64.1 Å². The molecule has 9 atom stereocenters. The van der Waals surface area contributed by atoms with Crippen LogP contribution in [0.3, 0.4) is 0 Å². The van der Waals surface area contributed by atoms with Crippen LogP contribution < -0.4 is 0 Å². The highest BCUT2D eigenvalue weighted by molar-refractivity contribution is 5.21. The summed E-state index contributed by atoms with van der Waals surface area (Å²) in [6, 6.07) is 2.22. The quantitative estimate of drug-likeness (QED) is 0.510. The van der Waals surface area contributed by atoms with E-state index in [0.717, 1.165) is 48.0 Å². The van der Waals surface area contributed by atoms with Crippen LogP contribution in [0.2, 0.25) is 0 Å². The predicted molar refractivity (Wildman–Crippen MR) is 125 cm³/mol. The van der Waals surface area contributed by atoms with Crippen LogP contribution in [-0.2, 0) is 6.54 Å². The van der Waals surface area contributed by atoms with Crippen molar-refractivity contribution >= 4 is 0 Å². The first kappa shape index (κ1) is 21.5. The van der Waals surface area contributed by atoms with E-state index in [1.165, 1.54) is 57.8 Å². The minimum Gasteiger partial charge on any atom is -0.271 e. The third-order valence-electron chi connectivity index (χ3n) is 10.8. The number of hydrogen-bond acceptors (Lipinski definition) is 2. The lowest BCUT2D eigenvalue weighted by Gasteiger charge is -2.57. The summed E-state index contributed by atoms with van der Waals surface area (Å²) in [7, 11) is 0. The van der Waals surface area contributed by atoms with Gasteiger partial charge in [0.15, 0.2) is 0 Å². The first-order valence-electron chi connectivity index (χ1n) is 13.5. The molecule has 0 amide bonds. The number of rotatable bonds is 5. The van der Waals surface area contributed by atoms with Gasteiger partial charge in [-0.15, -0.1) is 0 Å². The van der Waals surface area contributed by atoms with Crippen LogP contribution in [0.4, 0.5) is 0 Å². The van der Waals surface area contributed by atoms with Crippen LogP contribution >= 0.6 is 0 Å². The van der Waals surface area contributed by atoms with Gasteiger partial charge >= 0.3 is 0 Å². The minimum absolute atomic E-state index is 0.526. The molecule has 170 valence electrons. The summed E-state index contributed by atoms with van der Waals surface area (Å²) in [5.41, 5.74) is 1.21. The maximum Gasteiger partial charge on any atom is 0.102 e. The molecule has 0 saturated heterocycles. The summed E-state index contributed by atoms with van der Waals surface area (Å²) >= 11 is 0. The van der Waals surface area contributed by atoms with Crippen LogP contribution in [0.5, 0.6) is 0 Å². The van der Waals surface area contributed by atoms with Gasteiger partial charge in [0.05, 0.1) is 11.8 Å². The Hall–Kier alpha value is -1.30. The van der Waals surface area contributed by atoms with Gasteiger partial charge in [-0.05, 0) is 104 Å². The fourth-order valence-electron chi connectivity index (χ4n) is 9.54. The maximum atomic E-state index is 9.12. The van der Waals surface area contributed by atoms with Crippen molar-refractivity contribution in [3.63, 3.8) is 0 Å². The van der Waals surface area contributed by atoms with E-state index >= 15 is 0 Å². The highest BCUT2D eigenvalue weighted by Gasteiger charge is 2.57. The molecule has 0 spiro atoms. The van der Waals surface area contributed by atoms with Gasteiger partial charge in [0.25, 0.3) is 0 Å². The predicted octanol–water partition coefficient (Wildman–Crippen LogP) is 7.08. The molecule has 0 radical (unpaired) electrons. The van der Waals surface area contributed by atoms with Crippen LogP contribution in [-0.4, -0.2) is 9.78 Å². The smallest absolute Gasteiger partial charge is 0.102 e. The molecule has 4 fully saturated rings. The zero-order chi connectivity index (χ0) is 21.6. The van der Waals surface area contributed by atoms with Gasteiger partial charge in [0.2, 0.25) is 0 Å². The van der Waals surface area contributed by atoms with Gasteiger partial charge in [0.1, 0.15) is 6.07 Å². The maximum absolute atomic E-state index is 9.12. The second kappa shape index (κ2) is 8.57. The monoisotopic (exact) mass is 421 g/mol.